The number of hydrogen-bond acceptors (Lipinski definition) is 8. The zero-order valence-corrected chi connectivity index (χ0v) is 28.9. The van der Waals surface area contributed by atoms with Gasteiger partial charge >= 0.3 is 6.18 Å². The summed E-state index contributed by atoms with van der Waals surface area (Å²) < 4.78 is 47.7. The summed E-state index contributed by atoms with van der Waals surface area (Å²) in [7, 11) is 0. The van der Waals surface area contributed by atoms with Crippen LogP contribution in [0.2, 0.25) is 5.02 Å². The van der Waals surface area contributed by atoms with E-state index in [9.17, 15) is 27.9 Å². The second kappa shape index (κ2) is 14.2. The minimum absolute atomic E-state index is 0.0513. The molecule has 2 unspecified atom stereocenters. The van der Waals surface area contributed by atoms with Gasteiger partial charge in [-0.25, -0.2) is 0 Å². The molecule has 1 spiro atoms. The lowest BCUT2D eigenvalue weighted by Gasteiger charge is -2.46. The van der Waals surface area contributed by atoms with Gasteiger partial charge < -0.3 is 25.8 Å². The fourth-order valence-electron chi connectivity index (χ4n) is 8.94. The topological polar surface area (TPSA) is 115 Å². The van der Waals surface area contributed by atoms with E-state index < -0.39 is 29.9 Å². The number of nitrogens with one attached hydrogen (secondary N) is 1. The molecule has 14 heteroatoms. The zero-order chi connectivity index (χ0) is 35.2. The Morgan fingerprint density at radius 3 is 2.48 bits per heavy atom. The predicted molar refractivity (Wildman–Crippen MR) is 183 cm³/mol. The highest BCUT2D eigenvalue weighted by molar-refractivity contribution is 6.33. The Morgan fingerprint density at radius 2 is 1.74 bits per heavy atom. The Morgan fingerprint density at radius 1 is 1.02 bits per heavy atom. The maximum atomic E-state index is 14.1. The third-order valence-corrected chi connectivity index (χ3v) is 12.0. The number of nitrogens with two attached hydrogens (primary N) is 1. The second-order valence-electron chi connectivity index (χ2n) is 14.7. The molecule has 2 aromatic rings. The van der Waals surface area contributed by atoms with Crippen LogP contribution in [-0.4, -0.2) is 113 Å². The molecule has 5 aliphatic rings. The highest BCUT2D eigenvalue weighted by Gasteiger charge is 2.44. The van der Waals surface area contributed by atoms with Crippen molar-refractivity contribution in [1.82, 2.24) is 19.6 Å². The summed E-state index contributed by atoms with van der Waals surface area (Å²) in [5, 5.41) is 14.1. The summed E-state index contributed by atoms with van der Waals surface area (Å²) in [5.41, 5.74) is 5.65. The van der Waals surface area contributed by atoms with Crippen molar-refractivity contribution in [3.05, 3.63) is 58.1 Å². The number of piperidine rings is 2. The number of alkyl halides is 3. The first kappa shape index (κ1) is 35.5. The number of para-hydroxylation sites is 1. The summed E-state index contributed by atoms with van der Waals surface area (Å²) in [6, 6.07) is 10.9. The van der Waals surface area contributed by atoms with E-state index >= 15 is 0 Å². The van der Waals surface area contributed by atoms with Gasteiger partial charge in [-0.2, -0.15) is 13.2 Å². The number of carbonyl (C=O) groups excluding carboxylic acids is 2. The third kappa shape index (κ3) is 7.22. The Bertz CT molecular complexity index is 1580. The number of halogens is 4. The standard InChI is InChI=1S/C36H46ClF3N6O4/c37-28-19-23(18-27(32(28)41)36(38,39)40)20-30(33(48)44-12-7-24(8-13-44)46-17-16-43-11-3-4-25(43)22-46)50-34(49)45-14-9-35(10-15-45)21-31(47)42-29-6-2-1-5-26(29)35/h1-2,5-6,18-19,24-25,30,34,49H,3-4,7-17,20-22,41H2,(H,42,47)/t25?,30-,34?/m1/s1. The van der Waals surface area contributed by atoms with Crippen LogP contribution in [0.4, 0.5) is 24.5 Å². The van der Waals surface area contributed by atoms with E-state index in [1.54, 1.807) is 9.80 Å². The number of fused-ring (bicyclic) bond motifs is 3. The van der Waals surface area contributed by atoms with Crippen LogP contribution >= 0.6 is 11.6 Å². The van der Waals surface area contributed by atoms with Crippen molar-refractivity contribution in [2.75, 3.05) is 63.4 Å². The van der Waals surface area contributed by atoms with Crippen LogP contribution in [0.25, 0.3) is 0 Å². The average Bonchev–Trinajstić information content (AvgIpc) is 3.57. The zero-order valence-electron chi connectivity index (χ0n) is 28.1. The number of nitrogens with zero attached hydrogens (tertiary/aromatic N) is 4. The van der Waals surface area contributed by atoms with Gasteiger partial charge in [0.05, 0.1) is 16.3 Å². The predicted octanol–water partition coefficient (Wildman–Crippen LogP) is 4.29. The van der Waals surface area contributed by atoms with Crippen molar-refractivity contribution < 1.29 is 32.6 Å². The summed E-state index contributed by atoms with van der Waals surface area (Å²) >= 11 is 6.15. The monoisotopic (exact) mass is 718 g/mol. The average molecular weight is 719 g/mol. The van der Waals surface area contributed by atoms with E-state index in [4.69, 9.17) is 22.1 Å². The van der Waals surface area contributed by atoms with E-state index in [0.717, 1.165) is 49.8 Å². The minimum Gasteiger partial charge on any atom is -0.397 e. The number of ether oxygens (including phenoxy) is 1. The quantitative estimate of drug-likeness (QED) is 0.287. The van der Waals surface area contributed by atoms with Crippen LogP contribution in [0.15, 0.2) is 36.4 Å². The first-order valence-corrected chi connectivity index (χ1v) is 18.2. The third-order valence-electron chi connectivity index (χ3n) is 11.7. The SMILES string of the molecule is Nc1c(Cl)cc(C[C@@H](OC(O)N2CCC3(CC2)CC(=O)Nc2ccccc23)C(=O)N2CCC(N3CCN4CCCC4C3)CC2)cc1C(F)(F)F. The molecule has 2 amide bonds. The number of likely N-dealkylation sites (tertiary alicyclic amines) is 2. The lowest BCUT2D eigenvalue weighted by Crippen LogP contribution is -2.57. The number of amides is 2. The number of rotatable bonds is 7. The van der Waals surface area contributed by atoms with Gasteiger partial charge in [-0.1, -0.05) is 29.8 Å². The van der Waals surface area contributed by atoms with Crippen LogP contribution < -0.4 is 11.1 Å². The van der Waals surface area contributed by atoms with Gasteiger partial charge in [-0.15, -0.1) is 0 Å². The van der Waals surface area contributed by atoms with Gasteiger partial charge in [0.1, 0.15) is 6.10 Å². The lowest BCUT2D eigenvalue weighted by molar-refractivity contribution is -0.226. The van der Waals surface area contributed by atoms with Gasteiger partial charge in [-0.3, -0.25) is 24.3 Å². The van der Waals surface area contributed by atoms with Crippen molar-refractivity contribution in [2.45, 2.75) is 87.6 Å². The van der Waals surface area contributed by atoms with E-state index in [0.29, 0.717) is 57.5 Å². The number of carbonyl (C=O) groups is 2. The molecule has 5 heterocycles. The van der Waals surface area contributed by atoms with Crippen molar-refractivity contribution >= 4 is 34.8 Å². The van der Waals surface area contributed by atoms with Gasteiger partial charge in [0, 0.05) is 81.8 Å². The van der Waals surface area contributed by atoms with E-state index in [-0.39, 0.29) is 34.2 Å². The van der Waals surface area contributed by atoms with E-state index in [1.165, 1.54) is 25.5 Å². The van der Waals surface area contributed by atoms with Gasteiger partial charge in [0.25, 0.3) is 5.91 Å². The molecule has 4 N–H and O–H groups in total. The fraction of sp³-hybridized carbons (Fsp3) is 0.611. The van der Waals surface area contributed by atoms with E-state index in [1.807, 2.05) is 24.3 Å². The van der Waals surface area contributed by atoms with Crippen molar-refractivity contribution in [3.63, 3.8) is 0 Å². The normalized spacial score (nSPS) is 24.9. The highest BCUT2D eigenvalue weighted by Crippen LogP contribution is 2.45. The first-order valence-electron chi connectivity index (χ1n) is 17.8. The maximum absolute atomic E-state index is 14.1. The van der Waals surface area contributed by atoms with Gasteiger partial charge in [0.2, 0.25) is 12.3 Å². The second-order valence-corrected chi connectivity index (χ2v) is 15.1. The van der Waals surface area contributed by atoms with Crippen molar-refractivity contribution in [1.29, 1.82) is 0 Å². The lowest BCUT2D eigenvalue weighted by atomic mass is 9.68. The molecule has 5 aliphatic heterocycles. The molecule has 3 atom stereocenters. The van der Waals surface area contributed by atoms with Crippen LogP contribution in [0.1, 0.15) is 61.6 Å². The molecule has 0 saturated carbocycles. The Labute approximate surface area is 295 Å². The number of anilines is 2. The number of nitrogen functional groups attached to an aromatic ring is 1. The number of benzene rings is 2. The first-order chi connectivity index (χ1) is 23.9. The molecular weight excluding hydrogens is 673 g/mol. The maximum Gasteiger partial charge on any atom is 0.418 e. The molecule has 272 valence electrons. The summed E-state index contributed by atoms with van der Waals surface area (Å²) in [6.45, 7) is 6.08. The van der Waals surface area contributed by atoms with Gasteiger partial charge in [-0.05, 0) is 74.4 Å². The molecule has 0 radical (unpaired) electrons. The minimum atomic E-state index is -4.74. The molecule has 50 heavy (non-hydrogen) atoms. The van der Waals surface area contributed by atoms with Crippen LogP contribution in [0, 0.1) is 0 Å². The number of aliphatic hydroxyl groups is 1. The Balaban J connectivity index is 1.05. The van der Waals surface area contributed by atoms with E-state index in [2.05, 4.69) is 15.1 Å². The Kier molecular flexibility index (Phi) is 10.1. The molecule has 2 aromatic carbocycles. The molecule has 0 aliphatic carbocycles. The largest absolute Gasteiger partial charge is 0.418 e. The molecule has 0 bridgehead atoms. The highest BCUT2D eigenvalue weighted by atomic mass is 35.5. The number of piperazine rings is 1. The van der Waals surface area contributed by atoms with Gasteiger partial charge in [0.15, 0.2) is 0 Å². The fourth-order valence-corrected chi connectivity index (χ4v) is 9.18. The molecule has 7 rings (SSSR count). The molecule has 4 saturated heterocycles. The summed E-state index contributed by atoms with van der Waals surface area (Å²) in [4.78, 5) is 35.3. The molecular formula is C36H46ClF3N6O4. The number of hydrogen-bond donors (Lipinski definition) is 3. The smallest absolute Gasteiger partial charge is 0.397 e. The van der Waals surface area contributed by atoms with Crippen molar-refractivity contribution in [3.8, 4) is 0 Å². The van der Waals surface area contributed by atoms with Crippen LogP contribution in [0.5, 0.6) is 0 Å². The van der Waals surface area contributed by atoms with Crippen LogP contribution in [-0.2, 0) is 32.3 Å². The van der Waals surface area contributed by atoms with Crippen LogP contribution in [0.3, 0.4) is 0 Å². The Hall–Kier alpha value is -2.94. The molecule has 10 nitrogen and oxygen atoms in total. The summed E-state index contributed by atoms with van der Waals surface area (Å²) in [6.07, 6.45) is -2.16. The van der Waals surface area contributed by atoms with Crippen molar-refractivity contribution in [2.24, 2.45) is 0 Å². The summed E-state index contributed by atoms with van der Waals surface area (Å²) in [5.74, 6) is -0.430. The molecule has 4 fully saturated rings. The number of aliphatic hydroxyl groups excluding tert-OH is 1. The molecule has 0 aromatic heterocycles.